The van der Waals surface area contributed by atoms with Gasteiger partial charge in [-0.3, -0.25) is 0 Å². The number of nitroso groups, excluding NO2 is 1. The highest BCUT2D eigenvalue weighted by Gasteiger charge is 2.51. The van der Waals surface area contributed by atoms with Crippen LogP contribution in [0.25, 0.3) is 0 Å². The predicted molar refractivity (Wildman–Crippen MR) is 303 cm³/mol. The van der Waals surface area contributed by atoms with E-state index in [-0.39, 0.29) is 54.8 Å². The van der Waals surface area contributed by atoms with Crippen LogP contribution in [0.5, 0.6) is 0 Å². The summed E-state index contributed by atoms with van der Waals surface area (Å²) in [7, 11) is 1.91. The number of rotatable bonds is 46. The lowest BCUT2D eigenvalue weighted by molar-refractivity contribution is -0.0495. The third-order valence-corrected chi connectivity index (χ3v) is 17.6. The van der Waals surface area contributed by atoms with E-state index >= 15 is 0 Å². The molecular formula is C59H112N8O4. The molecule has 11 atom stereocenters. The Hall–Kier alpha value is -2.74. The van der Waals surface area contributed by atoms with Gasteiger partial charge >= 0.3 is 0 Å². The van der Waals surface area contributed by atoms with Gasteiger partial charge in [0.15, 0.2) is 0 Å². The largest absolute Gasteiger partial charge is 0.387 e. The molecule has 0 bridgehead atoms. The van der Waals surface area contributed by atoms with Crippen LogP contribution in [0.3, 0.4) is 0 Å². The highest BCUT2D eigenvalue weighted by Crippen LogP contribution is 2.61. The van der Waals surface area contributed by atoms with Crippen molar-refractivity contribution in [1.82, 2.24) is 26.6 Å². The second kappa shape index (κ2) is 35.5. The Kier molecular flexibility index (Phi) is 32.1. The summed E-state index contributed by atoms with van der Waals surface area (Å²) >= 11 is 0. The molecule has 9 N–H and O–H groups in total. The first-order valence-electron chi connectivity index (χ1n) is 28.6. The zero-order chi connectivity index (χ0) is 52.8. The van der Waals surface area contributed by atoms with E-state index in [9.17, 15) is 4.91 Å². The summed E-state index contributed by atoms with van der Waals surface area (Å²) in [4.78, 5) is 11.0. The van der Waals surface area contributed by atoms with E-state index in [1.807, 2.05) is 13.1 Å². The number of unbranched alkanes of at least 4 members (excludes halogenated alkanes) is 2. The van der Waals surface area contributed by atoms with E-state index in [1.54, 1.807) is 0 Å². The lowest BCUT2D eigenvalue weighted by Crippen LogP contribution is -2.60. The molecular weight excluding hydrogens is 885 g/mol. The molecule has 412 valence electrons. The zero-order valence-corrected chi connectivity index (χ0v) is 47.3. The Morgan fingerprint density at radius 2 is 1.59 bits per heavy atom. The molecule has 0 amide bonds. The van der Waals surface area contributed by atoms with Crippen molar-refractivity contribution in [2.24, 2.45) is 57.1 Å². The monoisotopic (exact) mass is 997 g/mol. The Morgan fingerprint density at radius 3 is 2.21 bits per heavy atom. The Morgan fingerprint density at radius 1 is 0.887 bits per heavy atom. The summed E-state index contributed by atoms with van der Waals surface area (Å²) < 4.78 is 18.4. The number of ether oxygens (including phenoxy) is 3. The summed E-state index contributed by atoms with van der Waals surface area (Å²) in [5, 5.41) is 21.0. The molecule has 71 heavy (non-hydrogen) atoms. The van der Waals surface area contributed by atoms with Gasteiger partial charge in [-0.05, 0) is 137 Å². The van der Waals surface area contributed by atoms with E-state index in [4.69, 9.17) is 25.7 Å². The van der Waals surface area contributed by atoms with E-state index in [2.05, 4.69) is 120 Å². The van der Waals surface area contributed by atoms with Crippen LogP contribution in [0.15, 0.2) is 66.9 Å². The van der Waals surface area contributed by atoms with Gasteiger partial charge in [-0.25, -0.2) is 0 Å². The standard InChI is InChI=1S/C59H112N8O4/c1-15-49(43(7)8)38-53(41-60)70-34-23-21-22-32-64-48(13)54(27-25-44(9)63-33-35-69-36-37-71-55-39-50(42-65-68)47(12)56(61)57(55)62-14)67-45(10)24-26-52(16-2)66-46(11)28-31-59(20-6)40-51(59)29-30-58(17-3,18-4)19-5/h16,43,47,49-57,62-64,66-67H,2,9-11,13,15,17-42,60-61H2,1,3-8,12,14H3. The number of nitrogens with two attached hydrogens (primary N) is 2. The molecule has 0 aromatic rings. The molecule has 2 aliphatic carbocycles. The number of allylic oxidation sites excluding steroid dienone is 3. The van der Waals surface area contributed by atoms with E-state index in [0.717, 1.165) is 112 Å². The first kappa shape index (κ1) is 64.4. The molecule has 0 aromatic heterocycles. The van der Waals surface area contributed by atoms with Gasteiger partial charge in [-0.2, -0.15) is 4.91 Å². The number of nitrogens with one attached hydrogen (secondary N) is 5. The third-order valence-electron chi connectivity index (χ3n) is 17.6. The van der Waals surface area contributed by atoms with Crippen LogP contribution in [-0.4, -0.2) is 96.0 Å². The van der Waals surface area contributed by atoms with Crippen LogP contribution in [0.2, 0.25) is 0 Å². The topological polar surface area (TPSA) is 169 Å². The van der Waals surface area contributed by atoms with Gasteiger partial charge in [-0.15, -0.1) is 6.58 Å². The first-order valence-corrected chi connectivity index (χ1v) is 28.6. The van der Waals surface area contributed by atoms with Gasteiger partial charge in [0, 0.05) is 67.2 Å². The number of hydrogen-bond donors (Lipinski definition) is 7. The van der Waals surface area contributed by atoms with Crippen molar-refractivity contribution < 1.29 is 14.2 Å². The van der Waals surface area contributed by atoms with Gasteiger partial charge in [0.25, 0.3) is 0 Å². The highest BCUT2D eigenvalue weighted by molar-refractivity contribution is 5.11. The fraction of sp³-hybridized carbons (Fsp3) is 0.831. The summed E-state index contributed by atoms with van der Waals surface area (Å²) in [5.74, 6) is 2.47. The van der Waals surface area contributed by atoms with Crippen LogP contribution in [0.1, 0.15) is 177 Å². The minimum atomic E-state index is -0.106. The van der Waals surface area contributed by atoms with Gasteiger partial charge in [-0.1, -0.05) is 125 Å². The molecule has 0 aliphatic heterocycles. The van der Waals surface area contributed by atoms with Crippen LogP contribution in [0, 0.1) is 45.3 Å². The maximum absolute atomic E-state index is 11.0. The average molecular weight is 998 g/mol. The van der Waals surface area contributed by atoms with Crippen molar-refractivity contribution in [2.75, 3.05) is 59.7 Å². The quantitative estimate of drug-likeness (QED) is 0.0176. The smallest absolute Gasteiger partial charge is 0.0843 e. The molecule has 0 aromatic carbocycles. The molecule has 0 saturated heterocycles. The third kappa shape index (κ3) is 23.1. The molecule has 2 rings (SSSR count). The van der Waals surface area contributed by atoms with Gasteiger partial charge in [0.2, 0.25) is 0 Å². The maximum atomic E-state index is 11.0. The van der Waals surface area contributed by atoms with Crippen LogP contribution in [0.4, 0.5) is 0 Å². The summed E-state index contributed by atoms with van der Waals surface area (Å²) in [6.45, 7) is 45.0. The summed E-state index contributed by atoms with van der Waals surface area (Å²) in [6, 6.07) is 0.0152. The second-order valence-corrected chi connectivity index (χ2v) is 22.2. The second-order valence-electron chi connectivity index (χ2n) is 22.2. The molecule has 2 aliphatic rings. The highest BCUT2D eigenvalue weighted by atomic mass is 16.5. The minimum absolute atomic E-state index is 0.0195. The Balaban J connectivity index is 1.88. The van der Waals surface area contributed by atoms with E-state index in [0.29, 0.717) is 55.6 Å². The van der Waals surface area contributed by atoms with E-state index < -0.39 is 0 Å². The Labute approximate surface area is 436 Å². The maximum Gasteiger partial charge on any atom is 0.0843 e. The van der Waals surface area contributed by atoms with Crippen molar-refractivity contribution in [3.8, 4) is 0 Å². The number of likely N-dealkylation sites (N-methyl/N-ethyl adjacent to an activating group) is 1. The molecule has 0 heterocycles. The lowest BCUT2D eigenvalue weighted by Gasteiger charge is -2.43. The summed E-state index contributed by atoms with van der Waals surface area (Å²) in [5.41, 5.74) is 17.6. The van der Waals surface area contributed by atoms with Crippen LogP contribution < -0.4 is 38.1 Å². The van der Waals surface area contributed by atoms with E-state index in [1.165, 1.54) is 51.4 Å². The average Bonchev–Trinajstić information content (AvgIpc) is 4.08. The lowest BCUT2D eigenvalue weighted by atomic mass is 9.73. The van der Waals surface area contributed by atoms with Crippen molar-refractivity contribution >= 4 is 0 Å². The van der Waals surface area contributed by atoms with Crippen molar-refractivity contribution in [3.63, 3.8) is 0 Å². The van der Waals surface area contributed by atoms with Gasteiger partial charge < -0.3 is 52.3 Å². The van der Waals surface area contributed by atoms with Crippen molar-refractivity contribution in [2.45, 2.75) is 214 Å². The van der Waals surface area contributed by atoms with Crippen LogP contribution in [-0.2, 0) is 14.2 Å². The first-order chi connectivity index (χ1) is 34.0. The van der Waals surface area contributed by atoms with Crippen molar-refractivity contribution in [3.05, 3.63) is 66.7 Å². The molecule has 0 radical (unpaired) electrons. The summed E-state index contributed by atoms with van der Waals surface area (Å²) in [6.07, 6.45) is 22.8. The number of hydrogen-bond acceptors (Lipinski definition) is 12. The SMILES string of the molecule is C=CC(CCC(=C)NC(CCC(=C)NCCOCCOC1CC(CN=O)C(C)C(N)C1NC)C(=C)NCCCCCOC(CN)CC(CC)C(C)C)NC(=C)CCC1(CC)CC1CCC(CC)(CC)CC. The molecule has 2 saturated carbocycles. The molecule has 11 unspecified atom stereocenters. The molecule has 12 nitrogen and oxygen atoms in total. The molecule has 0 spiro atoms. The zero-order valence-electron chi connectivity index (χ0n) is 47.3. The fourth-order valence-corrected chi connectivity index (χ4v) is 11.5. The molecule has 12 heteroatoms. The predicted octanol–water partition coefficient (Wildman–Crippen LogP) is 11.4. The number of nitrogens with zero attached hydrogens (tertiary/aromatic N) is 1. The minimum Gasteiger partial charge on any atom is -0.387 e. The van der Waals surface area contributed by atoms with Gasteiger partial charge in [0.05, 0.1) is 44.6 Å². The normalized spacial score (nSPS) is 23.8. The fourth-order valence-electron chi connectivity index (χ4n) is 11.5. The van der Waals surface area contributed by atoms with Gasteiger partial charge in [0.1, 0.15) is 0 Å². The Bertz CT molecular complexity index is 1510. The van der Waals surface area contributed by atoms with Crippen LogP contribution >= 0.6 is 0 Å². The molecule has 2 fully saturated rings. The van der Waals surface area contributed by atoms with Crippen molar-refractivity contribution in [1.29, 1.82) is 0 Å².